The van der Waals surface area contributed by atoms with E-state index in [2.05, 4.69) is 32.8 Å². The SMILES string of the molecule is CCCCCCCCCCCCCCCCCCC(CCCCCCCCCCCCCCCCCC)CCN(C)C.Cl. The van der Waals surface area contributed by atoms with E-state index < -0.39 is 0 Å². The lowest BCUT2D eigenvalue weighted by molar-refractivity contribution is 0.314. The van der Waals surface area contributed by atoms with Crippen molar-refractivity contribution >= 4 is 12.4 Å². The molecule has 0 rings (SSSR count). The summed E-state index contributed by atoms with van der Waals surface area (Å²) in [7, 11) is 4.50. The maximum absolute atomic E-state index is 2.40. The molecule has 0 fully saturated rings. The van der Waals surface area contributed by atoms with E-state index >= 15 is 0 Å². The predicted molar refractivity (Wildman–Crippen MR) is 202 cm³/mol. The highest BCUT2D eigenvalue weighted by atomic mass is 35.5. The summed E-state index contributed by atoms with van der Waals surface area (Å²) in [6, 6.07) is 0. The lowest BCUT2D eigenvalue weighted by Gasteiger charge is -2.19. The van der Waals surface area contributed by atoms with Crippen LogP contribution in [0.15, 0.2) is 0 Å². The molecule has 43 heavy (non-hydrogen) atoms. The Morgan fingerprint density at radius 2 is 0.512 bits per heavy atom. The lowest BCUT2D eigenvalue weighted by atomic mass is 9.91. The minimum Gasteiger partial charge on any atom is -0.309 e. The van der Waals surface area contributed by atoms with Crippen molar-refractivity contribution in [1.82, 2.24) is 4.90 Å². The van der Waals surface area contributed by atoms with Crippen molar-refractivity contribution in [1.29, 1.82) is 0 Å². The van der Waals surface area contributed by atoms with Gasteiger partial charge in [-0.3, -0.25) is 0 Å². The summed E-state index contributed by atoms with van der Waals surface area (Å²) < 4.78 is 0. The van der Waals surface area contributed by atoms with E-state index in [1.807, 2.05) is 0 Å². The van der Waals surface area contributed by atoms with Crippen molar-refractivity contribution in [3.63, 3.8) is 0 Å². The molecule has 0 saturated carbocycles. The first-order chi connectivity index (χ1) is 20.7. The Balaban J connectivity index is 0. The molecule has 0 spiro atoms. The molecule has 0 aliphatic rings. The highest BCUT2D eigenvalue weighted by molar-refractivity contribution is 5.85. The van der Waals surface area contributed by atoms with Crippen molar-refractivity contribution < 1.29 is 0 Å². The number of hydrogen-bond donors (Lipinski definition) is 0. The molecule has 0 heterocycles. The zero-order chi connectivity index (χ0) is 30.6. The van der Waals surface area contributed by atoms with Gasteiger partial charge in [-0.25, -0.2) is 0 Å². The van der Waals surface area contributed by atoms with Crippen LogP contribution in [0.1, 0.15) is 239 Å². The first-order valence-electron chi connectivity index (χ1n) is 20.3. The predicted octanol–water partition coefficient (Wildman–Crippen LogP) is 15.3. The molecule has 0 amide bonds. The number of rotatable bonds is 37. The van der Waals surface area contributed by atoms with Crippen LogP contribution in [0.3, 0.4) is 0 Å². The van der Waals surface area contributed by atoms with Gasteiger partial charge in [0.25, 0.3) is 0 Å². The van der Waals surface area contributed by atoms with Crippen LogP contribution in [0.2, 0.25) is 0 Å². The van der Waals surface area contributed by atoms with E-state index in [4.69, 9.17) is 0 Å². The first kappa shape index (κ1) is 45.4. The third-order valence-corrected chi connectivity index (χ3v) is 9.92. The fraction of sp³-hybridized carbons (Fsp3) is 1.00. The summed E-state index contributed by atoms with van der Waals surface area (Å²) in [6.07, 6.45) is 51.6. The molecular formula is C41H86ClN. The Bertz CT molecular complexity index is 429. The van der Waals surface area contributed by atoms with Crippen LogP contribution in [0.25, 0.3) is 0 Å². The molecule has 0 radical (unpaired) electrons. The highest BCUT2D eigenvalue weighted by Crippen LogP contribution is 2.23. The van der Waals surface area contributed by atoms with Crippen molar-refractivity contribution in [2.24, 2.45) is 5.92 Å². The first-order valence-corrected chi connectivity index (χ1v) is 20.3. The van der Waals surface area contributed by atoms with Gasteiger partial charge in [0.1, 0.15) is 0 Å². The van der Waals surface area contributed by atoms with Crippen LogP contribution >= 0.6 is 12.4 Å². The molecule has 0 aliphatic heterocycles. The Morgan fingerprint density at radius 3 is 0.721 bits per heavy atom. The molecule has 1 nitrogen and oxygen atoms in total. The van der Waals surface area contributed by atoms with Gasteiger partial charge in [-0.15, -0.1) is 12.4 Å². The largest absolute Gasteiger partial charge is 0.309 e. The number of unbranched alkanes of at least 4 members (excludes halogenated alkanes) is 30. The third kappa shape index (κ3) is 40.2. The van der Waals surface area contributed by atoms with Crippen molar-refractivity contribution in [3.05, 3.63) is 0 Å². The molecule has 2 heteroatoms. The van der Waals surface area contributed by atoms with Crippen LogP contribution in [-0.2, 0) is 0 Å². The van der Waals surface area contributed by atoms with Gasteiger partial charge < -0.3 is 4.90 Å². The second-order valence-corrected chi connectivity index (χ2v) is 14.6. The normalized spacial score (nSPS) is 11.6. The summed E-state index contributed by atoms with van der Waals surface area (Å²) in [6.45, 7) is 5.90. The maximum Gasteiger partial charge on any atom is -0.00222 e. The van der Waals surface area contributed by atoms with Gasteiger partial charge >= 0.3 is 0 Å². The lowest BCUT2D eigenvalue weighted by Crippen LogP contribution is -2.17. The smallest absolute Gasteiger partial charge is 0.00222 e. The van der Waals surface area contributed by atoms with Crippen LogP contribution < -0.4 is 0 Å². The molecule has 0 aromatic rings. The van der Waals surface area contributed by atoms with E-state index in [1.54, 1.807) is 0 Å². The second-order valence-electron chi connectivity index (χ2n) is 14.6. The molecule has 0 N–H and O–H groups in total. The molecule has 0 bridgehead atoms. The quantitative estimate of drug-likeness (QED) is 0.0619. The van der Waals surface area contributed by atoms with Gasteiger partial charge in [0.15, 0.2) is 0 Å². The molecule has 0 unspecified atom stereocenters. The zero-order valence-electron chi connectivity index (χ0n) is 30.9. The van der Waals surface area contributed by atoms with Crippen LogP contribution in [-0.4, -0.2) is 25.5 Å². The molecule has 0 saturated heterocycles. The molecule has 0 atom stereocenters. The second kappa shape index (κ2) is 40.3. The molecular weight excluding hydrogens is 542 g/mol. The number of hydrogen-bond acceptors (Lipinski definition) is 1. The third-order valence-electron chi connectivity index (χ3n) is 9.92. The van der Waals surface area contributed by atoms with Gasteiger partial charge in [-0.05, 0) is 33.0 Å². The minimum atomic E-state index is 0. The van der Waals surface area contributed by atoms with Gasteiger partial charge in [0, 0.05) is 0 Å². The van der Waals surface area contributed by atoms with Gasteiger partial charge in [0.2, 0.25) is 0 Å². The van der Waals surface area contributed by atoms with Crippen LogP contribution in [0, 0.1) is 5.92 Å². The molecule has 0 aromatic carbocycles. The summed E-state index contributed by atoms with van der Waals surface area (Å²) in [5, 5.41) is 0. The average Bonchev–Trinajstić information content (AvgIpc) is 2.98. The Labute approximate surface area is 281 Å². The standard InChI is InChI=1S/C41H85N.ClH/c1-5-7-9-11-13-15-17-19-21-23-25-27-29-31-33-35-37-41(39-40-42(3)4)38-36-34-32-30-28-26-24-22-20-18-16-14-12-10-8-6-2;/h41H,5-40H2,1-4H3;1H. The maximum atomic E-state index is 2.40. The van der Waals surface area contributed by atoms with E-state index in [0.717, 1.165) is 5.92 Å². The molecule has 0 aromatic heterocycles. The van der Waals surface area contributed by atoms with Gasteiger partial charge in [0.05, 0.1) is 0 Å². The monoisotopic (exact) mass is 628 g/mol. The molecule has 262 valence electrons. The average molecular weight is 629 g/mol. The number of nitrogens with zero attached hydrogens (tertiary/aromatic N) is 1. The van der Waals surface area contributed by atoms with Crippen molar-refractivity contribution in [3.8, 4) is 0 Å². The van der Waals surface area contributed by atoms with E-state index in [0.29, 0.717) is 0 Å². The fourth-order valence-corrected chi connectivity index (χ4v) is 6.84. The minimum absolute atomic E-state index is 0. The Hall–Kier alpha value is 0.250. The van der Waals surface area contributed by atoms with E-state index in [1.165, 1.54) is 231 Å². The fourth-order valence-electron chi connectivity index (χ4n) is 6.84. The van der Waals surface area contributed by atoms with E-state index in [-0.39, 0.29) is 12.4 Å². The van der Waals surface area contributed by atoms with Gasteiger partial charge in [-0.1, -0.05) is 232 Å². The van der Waals surface area contributed by atoms with Crippen molar-refractivity contribution in [2.45, 2.75) is 239 Å². The van der Waals surface area contributed by atoms with Crippen LogP contribution in [0.5, 0.6) is 0 Å². The zero-order valence-corrected chi connectivity index (χ0v) is 31.7. The Kier molecular flexibility index (Phi) is 42.5. The van der Waals surface area contributed by atoms with Crippen molar-refractivity contribution in [2.75, 3.05) is 20.6 Å². The summed E-state index contributed by atoms with van der Waals surface area (Å²) in [5.41, 5.74) is 0. The molecule has 0 aliphatic carbocycles. The highest BCUT2D eigenvalue weighted by Gasteiger charge is 2.09. The topological polar surface area (TPSA) is 3.24 Å². The van der Waals surface area contributed by atoms with Crippen LogP contribution in [0.4, 0.5) is 0 Å². The van der Waals surface area contributed by atoms with Gasteiger partial charge in [-0.2, -0.15) is 0 Å². The van der Waals surface area contributed by atoms with E-state index in [9.17, 15) is 0 Å². The summed E-state index contributed by atoms with van der Waals surface area (Å²) in [5.74, 6) is 0.977. The summed E-state index contributed by atoms with van der Waals surface area (Å²) in [4.78, 5) is 2.40. The Morgan fingerprint density at radius 1 is 0.302 bits per heavy atom. The summed E-state index contributed by atoms with van der Waals surface area (Å²) >= 11 is 0. The number of halogens is 1.